The van der Waals surface area contributed by atoms with Crippen LogP contribution in [-0.4, -0.2) is 28.6 Å². The second-order valence-electron chi connectivity index (χ2n) is 7.51. The Morgan fingerprint density at radius 2 is 1.90 bits per heavy atom. The van der Waals surface area contributed by atoms with Crippen LogP contribution in [0.5, 0.6) is 0 Å². The number of aromatic amines is 1. The summed E-state index contributed by atoms with van der Waals surface area (Å²) in [4.78, 5) is 15.4. The third-order valence-corrected chi connectivity index (χ3v) is 5.61. The Kier molecular flexibility index (Phi) is 5.27. The van der Waals surface area contributed by atoms with E-state index in [1.54, 1.807) is 12.1 Å². The van der Waals surface area contributed by atoms with E-state index in [-0.39, 0.29) is 29.9 Å². The topological polar surface area (TPSA) is 65.1 Å². The summed E-state index contributed by atoms with van der Waals surface area (Å²) in [6.45, 7) is -0.353. The van der Waals surface area contributed by atoms with Gasteiger partial charge < -0.3 is 15.4 Å². The molecular formula is C23H19F3N2O2. The number of halogens is 3. The van der Waals surface area contributed by atoms with Gasteiger partial charge in [0, 0.05) is 17.4 Å². The van der Waals surface area contributed by atoms with Crippen LogP contribution in [0.15, 0.2) is 36.4 Å². The van der Waals surface area contributed by atoms with Crippen LogP contribution in [-0.2, 0) is 4.79 Å². The van der Waals surface area contributed by atoms with Crippen LogP contribution in [0, 0.1) is 35.7 Å². The number of aliphatic hydroxyl groups is 1. The number of hydrogen-bond acceptors (Lipinski definition) is 2. The lowest BCUT2D eigenvalue weighted by Gasteiger charge is -2.35. The molecule has 1 fully saturated rings. The van der Waals surface area contributed by atoms with Crippen molar-refractivity contribution in [2.45, 2.75) is 24.8 Å². The van der Waals surface area contributed by atoms with E-state index >= 15 is 0 Å². The predicted octanol–water partition coefficient (Wildman–Crippen LogP) is 3.86. The molecule has 1 aromatic heterocycles. The van der Waals surface area contributed by atoms with Crippen molar-refractivity contribution >= 4 is 16.8 Å². The summed E-state index contributed by atoms with van der Waals surface area (Å²) < 4.78 is 41.7. The Morgan fingerprint density at radius 3 is 2.53 bits per heavy atom. The van der Waals surface area contributed by atoms with Crippen LogP contribution in [0.25, 0.3) is 22.2 Å². The summed E-state index contributed by atoms with van der Waals surface area (Å²) in [5.74, 6) is -0.211. The van der Waals surface area contributed by atoms with Crippen molar-refractivity contribution in [3.8, 4) is 23.6 Å². The zero-order valence-electron chi connectivity index (χ0n) is 15.9. The molecule has 1 atom stereocenters. The third kappa shape index (κ3) is 3.55. The van der Waals surface area contributed by atoms with Crippen molar-refractivity contribution in [3.63, 3.8) is 0 Å². The summed E-state index contributed by atoms with van der Waals surface area (Å²) in [6, 6.07) is 7.07. The first-order valence-corrected chi connectivity index (χ1v) is 9.55. The normalized spacial score (nSPS) is 19.2. The molecule has 0 aliphatic heterocycles. The van der Waals surface area contributed by atoms with E-state index in [0.29, 0.717) is 35.0 Å². The number of amides is 1. The average Bonchev–Trinajstić information content (AvgIpc) is 3.05. The lowest BCUT2D eigenvalue weighted by atomic mass is 9.69. The summed E-state index contributed by atoms with van der Waals surface area (Å²) in [7, 11) is 0. The maximum Gasteiger partial charge on any atom is 0.224 e. The van der Waals surface area contributed by atoms with E-state index in [2.05, 4.69) is 16.2 Å². The highest BCUT2D eigenvalue weighted by molar-refractivity contribution is 5.92. The number of benzene rings is 2. The smallest absolute Gasteiger partial charge is 0.224 e. The second kappa shape index (κ2) is 7.88. The van der Waals surface area contributed by atoms with E-state index in [0.717, 1.165) is 6.07 Å². The third-order valence-electron chi connectivity index (χ3n) is 5.61. The number of fused-ring (bicyclic) bond motifs is 1. The molecular weight excluding hydrogens is 393 g/mol. The van der Waals surface area contributed by atoms with Gasteiger partial charge in [-0.05, 0) is 60.2 Å². The Hall–Kier alpha value is -3.24. The molecule has 2 aromatic carbocycles. The van der Waals surface area contributed by atoms with E-state index in [9.17, 15) is 18.0 Å². The molecule has 1 aliphatic carbocycles. The van der Waals surface area contributed by atoms with Gasteiger partial charge in [0.2, 0.25) is 5.91 Å². The van der Waals surface area contributed by atoms with Crippen LogP contribution in [0.3, 0.4) is 0 Å². The SMILES string of the molecule is C#CC(CO)NC(=O)C1CC(c2c(-c3ccc(F)cc3)[nH]c3c(F)cc(F)cc23)C1. The predicted molar refractivity (Wildman–Crippen MR) is 107 cm³/mol. The molecule has 1 amide bonds. The monoisotopic (exact) mass is 412 g/mol. The van der Waals surface area contributed by atoms with Gasteiger partial charge in [0.1, 0.15) is 23.5 Å². The van der Waals surface area contributed by atoms with Crippen LogP contribution < -0.4 is 5.32 Å². The first-order valence-electron chi connectivity index (χ1n) is 9.55. The molecule has 4 nitrogen and oxygen atoms in total. The van der Waals surface area contributed by atoms with E-state index in [4.69, 9.17) is 11.5 Å². The van der Waals surface area contributed by atoms with Gasteiger partial charge in [-0.1, -0.05) is 5.92 Å². The minimum absolute atomic E-state index is 0.117. The molecule has 0 radical (unpaired) electrons. The molecule has 1 saturated carbocycles. The Morgan fingerprint density at radius 1 is 1.20 bits per heavy atom. The highest BCUT2D eigenvalue weighted by atomic mass is 19.1. The first-order chi connectivity index (χ1) is 14.4. The van der Waals surface area contributed by atoms with Gasteiger partial charge in [0.05, 0.1) is 17.8 Å². The molecule has 0 saturated heterocycles. The van der Waals surface area contributed by atoms with Gasteiger partial charge in [-0.15, -0.1) is 6.42 Å². The summed E-state index contributed by atoms with van der Waals surface area (Å²) in [6.07, 6.45) is 6.19. The average molecular weight is 412 g/mol. The molecule has 7 heteroatoms. The Balaban J connectivity index is 1.68. The number of terminal acetylenes is 1. The largest absolute Gasteiger partial charge is 0.393 e. The maximum atomic E-state index is 14.4. The minimum atomic E-state index is -0.748. The first kappa shape index (κ1) is 20.0. The van der Waals surface area contributed by atoms with Crippen LogP contribution in [0.1, 0.15) is 24.3 Å². The second-order valence-corrected chi connectivity index (χ2v) is 7.51. The van der Waals surface area contributed by atoms with Crippen molar-refractivity contribution in [1.82, 2.24) is 10.3 Å². The van der Waals surface area contributed by atoms with Gasteiger partial charge in [0.25, 0.3) is 0 Å². The highest BCUT2D eigenvalue weighted by Gasteiger charge is 2.38. The number of carbonyl (C=O) groups is 1. The molecule has 3 N–H and O–H groups in total. The molecule has 1 aliphatic rings. The summed E-state index contributed by atoms with van der Waals surface area (Å²) >= 11 is 0. The zero-order valence-corrected chi connectivity index (χ0v) is 15.9. The molecule has 3 aromatic rings. The van der Waals surface area contributed by atoms with Crippen molar-refractivity contribution < 1.29 is 23.1 Å². The standard InChI is InChI=1S/C23H19F3N2O2/c1-2-17(11-29)27-23(30)14-7-13(8-14)20-18-9-16(25)10-19(26)22(18)28-21(20)12-3-5-15(24)6-4-12/h1,3-6,9-10,13-14,17,28-29H,7-8,11H2,(H,27,30). The number of carbonyl (C=O) groups excluding carboxylic acids is 1. The van der Waals surface area contributed by atoms with E-state index in [1.165, 1.54) is 18.2 Å². The van der Waals surface area contributed by atoms with Gasteiger partial charge in [-0.25, -0.2) is 13.2 Å². The molecule has 30 heavy (non-hydrogen) atoms. The van der Waals surface area contributed by atoms with Crippen molar-refractivity contribution in [2.24, 2.45) is 5.92 Å². The number of H-pyrrole nitrogens is 1. The van der Waals surface area contributed by atoms with Gasteiger partial charge >= 0.3 is 0 Å². The fourth-order valence-corrected chi connectivity index (χ4v) is 4.01. The van der Waals surface area contributed by atoms with Gasteiger partial charge in [0.15, 0.2) is 0 Å². The Labute approximate surface area is 171 Å². The van der Waals surface area contributed by atoms with E-state index < -0.39 is 23.5 Å². The Bertz CT molecular complexity index is 1140. The van der Waals surface area contributed by atoms with E-state index in [1.807, 2.05) is 0 Å². The zero-order chi connectivity index (χ0) is 21.4. The fourth-order valence-electron chi connectivity index (χ4n) is 4.01. The lowest BCUT2D eigenvalue weighted by Crippen LogP contribution is -2.43. The van der Waals surface area contributed by atoms with Crippen molar-refractivity contribution in [2.75, 3.05) is 6.61 Å². The summed E-state index contributed by atoms with van der Waals surface area (Å²) in [5.41, 5.74) is 2.10. The molecule has 1 heterocycles. The van der Waals surface area contributed by atoms with Crippen LogP contribution in [0.4, 0.5) is 13.2 Å². The number of aromatic nitrogens is 1. The van der Waals surface area contributed by atoms with Crippen molar-refractivity contribution in [3.05, 3.63) is 59.4 Å². The molecule has 154 valence electrons. The quantitative estimate of drug-likeness (QED) is 0.558. The number of rotatable bonds is 5. The maximum absolute atomic E-state index is 14.4. The van der Waals surface area contributed by atoms with Crippen LogP contribution in [0.2, 0.25) is 0 Å². The highest BCUT2D eigenvalue weighted by Crippen LogP contribution is 2.48. The van der Waals surface area contributed by atoms with Crippen molar-refractivity contribution in [1.29, 1.82) is 0 Å². The van der Waals surface area contributed by atoms with Crippen LogP contribution >= 0.6 is 0 Å². The molecule has 0 bridgehead atoms. The molecule has 0 spiro atoms. The number of aliphatic hydroxyl groups excluding tert-OH is 1. The van der Waals surface area contributed by atoms with Gasteiger partial charge in [-0.3, -0.25) is 4.79 Å². The fraction of sp³-hybridized carbons (Fsp3) is 0.261. The molecule has 4 rings (SSSR count). The lowest BCUT2D eigenvalue weighted by molar-refractivity contribution is -0.128. The number of nitrogens with one attached hydrogen (secondary N) is 2. The molecule has 1 unspecified atom stereocenters. The summed E-state index contributed by atoms with van der Waals surface area (Å²) in [5, 5.41) is 12.2. The number of hydrogen-bond donors (Lipinski definition) is 3. The minimum Gasteiger partial charge on any atom is -0.393 e. The van der Waals surface area contributed by atoms with Gasteiger partial charge in [-0.2, -0.15) is 0 Å².